The predicted molar refractivity (Wildman–Crippen MR) is 132 cm³/mol. The second-order valence-electron chi connectivity index (χ2n) is 8.30. The smallest absolute Gasteiger partial charge is 0.174 e. The van der Waals surface area contributed by atoms with E-state index < -0.39 is 0 Å². The van der Waals surface area contributed by atoms with Crippen LogP contribution in [0.4, 0.5) is 5.69 Å². The summed E-state index contributed by atoms with van der Waals surface area (Å²) in [5.41, 5.74) is 3.06. The number of furan rings is 1. The van der Waals surface area contributed by atoms with Gasteiger partial charge in [0.2, 0.25) is 0 Å². The molecule has 0 saturated carbocycles. The Balaban J connectivity index is 1.55. The van der Waals surface area contributed by atoms with Crippen LogP contribution in [0.1, 0.15) is 43.1 Å². The van der Waals surface area contributed by atoms with Gasteiger partial charge in [0.05, 0.1) is 30.6 Å². The second-order valence-corrected chi connectivity index (χ2v) is 8.68. The molecular formula is C26H26N4O2S. The third-order valence-corrected chi connectivity index (χ3v) is 5.97. The summed E-state index contributed by atoms with van der Waals surface area (Å²) in [5, 5.41) is 4.18. The van der Waals surface area contributed by atoms with Crippen LogP contribution in [0.3, 0.4) is 0 Å². The molecular weight excluding hydrogens is 432 g/mol. The van der Waals surface area contributed by atoms with Crippen molar-refractivity contribution in [2.24, 2.45) is 0 Å². The van der Waals surface area contributed by atoms with Crippen molar-refractivity contribution in [1.29, 1.82) is 0 Å². The van der Waals surface area contributed by atoms with Crippen LogP contribution < -0.4 is 15.0 Å². The Hall–Kier alpha value is -3.58. The molecule has 0 bridgehead atoms. The SMILES string of the molecule is CC(C)Oc1ccc(N2C(=S)NC(c3ccccn3)C2c2cccn2Cc2ccco2)cc1. The first-order valence-corrected chi connectivity index (χ1v) is 11.5. The average Bonchev–Trinajstić information content (AvgIpc) is 3.55. The van der Waals surface area contributed by atoms with E-state index >= 15 is 0 Å². The number of ether oxygens (including phenoxy) is 1. The molecule has 1 aromatic carbocycles. The topological polar surface area (TPSA) is 55.5 Å². The van der Waals surface area contributed by atoms with Gasteiger partial charge in [-0.15, -0.1) is 0 Å². The molecule has 5 rings (SSSR count). The first-order chi connectivity index (χ1) is 16.1. The maximum Gasteiger partial charge on any atom is 0.174 e. The minimum atomic E-state index is -0.101. The lowest BCUT2D eigenvalue weighted by atomic mass is 10.0. The van der Waals surface area contributed by atoms with E-state index in [2.05, 4.69) is 50.2 Å². The number of hydrogen-bond acceptors (Lipinski definition) is 4. The highest BCUT2D eigenvalue weighted by molar-refractivity contribution is 7.80. The minimum absolute atomic E-state index is 0.0887. The van der Waals surface area contributed by atoms with Crippen LogP contribution >= 0.6 is 12.2 Å². The Bertz CT molecular complexity index is 1200. The highest BCUT2D eigenvalue weighted by Gasteiger charge is 2.42. The Morgan fingerprint density at radius 1 is 1.06 bits per heavy atom. The summed E-state index contributed by atoms with van der Waals surface area (Å²) >= 11 is 5.84. The molecule has 0 aliphatic carbocycles. The summed E-state index contributed by atoms with van der Waals surface area (Å²) in [4.78, 5) is 6.81. The van der Waals surface area contributed by atoms with Crippen molar-refractivity contribution >= 4 is 23.0 Å². The summed E-state index contributed by atoms with van der Waals surface area (Å²) in [6, 6.07) is 22.0. The van der Waals surface area contributed by atoms with Crippen LogP contribution in [0.5, 0.6) is 5.75 Å². The molecule has 2 atom stereocenters. The standard InChI is InChI=1S/C26H26N4O2S/c1-18(2)32-20-12-10-19(11-13-20)30-25(24(28-26(30)33)22-8-3-4-14-27-22)23-9-5-15-29(23)17-21-7-6-16-31-21/h3-16,18,24-25H,17H2,1-2H3,(H,28,33). The molecule has 4 heterocycles. The van der Waals surface area contributed by atoms with Gasteiger partial charge in [0.15, 0.2) is 5.11 Å². The molecule has 3 aromatic heterocycles. The monoisotopic (exact) mass is 458 g/mol. The largest absolute Gasteiger partial charge is 0.491 e. The van der Waals surface area contributed by atoms with E-state index in [1.54, 1.807) is 6.26 Å². The molecule has 1 aliphatic heterocycles. The van der Waals surface area contributed by atoms with Crippen LogP contribution in [0, 0.1) is 0 Å². The van der Waals surface area contributed by atoms with Crippen molar-refractivity contribution < 1.29 is 9.15 Å². The lowest BCUT2D eigenvalue weighted by Gasteiger charge is -2.29. The van der Waals surface area contributed by atoms with Gasteiger partial charge in [-0.25, -0.2) is 0 Å². The fraction of sp³-hybridized carbons (Fsp3) is 0.231. The van der Waals surface area contributed by atoms with Gasteiger partial charge in [0.1, 0.15) is 17.6 Å². The quantitative estimate of drug-likeness (QED) is 0.370. The van der Waals surface area contributed by atoms with E-state index in [9.17, 15) is 0 Å². The highest BCUT2D eigenvalue weighted by Crippen LogP contribution is 2.42. The summed E-state index contributed by atoms with van der Waals surface area (Å²) in [6.45, 7) is 4.69. The summed E-state index contributed by atoms with van der Waals surface area (Å²) < 4.78 is 13.7. The molecule has 1 aliphatic rings. The van der Waals surface area contributed by atoms with E-state index in [0.717, 1.165) is 28.6 Å². The van der Waals surface area contributed by atoms with Gasteiger partial charge in [0, 0.05) is 23.8 Å². The molecule has 1 saturated heterocycles. The maximum absolute atomic E-state index is 5.84. The summed E-state index contributed by atoms with van der Waals surface area (Å²) in [5.74, 6) is 1.74. The van der Waals surface area contributed by atoms with Crippen LogP contribution in [0.15, 0.2) is 89.8 Å². The molecule has 1 fully saturated rings. The van der Waals surface area contributed by atoms with Crippen molar-refractivity contribution in [2.45, 2.75) is 38.6 Å². The number of anilines is 1. The fourth-order valence-electron chi connectivity index (χ4n) is 4.30. The van der Waals surface area contributed by atoms with Crippen LogP contribution in [-0.2, 0) is 6.54 Å². The van der Waals surface area contributed by atoms with Crippen molar-refractivity contribution in [3.8, 4) is 5.75 Å². The van der Waals surface area contributed by atoms with Crippen molar-refractivity contribution in [1.82, 2.24) is 14.9 Å². The molecule has 0 amide bonds. The molecule has 1 N–H and O–H groups in total. The zero-order valence-corrected chi connectivity index (χ0v) is 19.4. The van der Waals surface area contributed by atoms with Crippen LogP contribution in [0.25, 0.3) is 0 Å². The number of benzene rings is 1. The van der Waals surface area contributed by atoms with Crippen molar-refractivity contribution in [3.05, 3.63) is 103 Å². The number of nitrogens with one attached hydrogen (secondary N) is 1. The van der Waals surface area contributed by atoms with Crippen LogP contribution in [-0.4, -0.2) is 20.8 Å². The number of nitrogens with zero attached hydrogens (tertiary/aromatic N) is 3. The van der Waals surface area contributed by atoms with Gasteiger partial charge in [-0.05, 0) is 86.7 Å². The first kappa shape index (κ1) is 21.3. The molecule has 168 valence electrons. The minimum Gasteiger partial charge on any atom is -0.491 e. The number of rotatable bonds is 7. The second kappa shape index (κ2) is 9.11. The van der Waals surface area contributed by atoms with E-state index in [1.165, 1.54) is 0 Å². The van der Waals surface area contributed by atoms with E-state index in [0.29, 0.717) is 11.7 Å². The highest BCUT2D eigenvalue weighted by atomic mass is 32.1. The van der Waals surface area contributed by atoms with E-state index in [1.807, 2.05) is 62.5 Å². The van der Waals surface area contributed by atoms with Gasteiger partial charge >= 0.3 is 0 Å². The number of hydrogen-bond donors (Lipinski definition) is 1. The summed E-state index contributed by atoms with van der Waals surface area (Å²) in [7, 11) is 0. The molecule has 33 heavy (non-hydrogen) atoms. The van der Waals surface area contributed by atoms with Gasteiger partial charge in [-0.3, -0.25) is 4.98 Å². The third kappa shape index (κ3) is 4.36. The van der Waals surface area contributed by atoms with Crippen molar-refractivity contribution in [2.75, 3.05) is 4.90 Å². The van der Waals surface area contributed by atoms with Gasteiger partial charge < -0.3 is 23.9 Å². The maximum atomic E-state index is 5.84. The predicted octanol–water partition coefficient (Wildman–Crippen LogP) is 5.49. The summed E-state index contributed by atoms with van der Waals surface area (Å²) in [6.07, 6.45) is 5.72. The third-order valence-electron chi connectivity index (χ3n) is 5.66. The number of pyridine rings is 1. The molecule has 7 heteroatoms. The Morgan fingerprint density at radius 3 is 2.61 bits per heavy atom. The normalized spacial score (nSPS) is 18.0. The lowest BCUT2D eigenvalue weighted by Crippen LogP contribution is -2.30. The van der Waals surface area contributed by atoms with Gasteiger partial charge in [0.25, 0.3) is 0 Å². The first-order valence-electron chi connectivity index (χ1n) is 11.0. The molecule has 2 unspecified atom stereocenters. The number of aromatic nitrogens is 2. The van der Waals surface area contributed by atoms with Gasteiger partial charge in [-0.2, -0.15) is 0 Å². The van der Waals surface area contributed by atoms with Crippen molar-refractivity contribution in [3.63, 3.8) is 0 Å². The Morgan fingerprint density at radius 2 is 1.91 bits per heavy atom. The van der Waals surface area contributed by atoms with E-state index in [-0.39, 0.29) is 18.2 Å². The molecule has 0 spiro atoms. The molecule has 0 radical (unpaired) electrons. The van der Waals surface area contributed by atoms with Crippen LogP contribution in [0.2, 0.25) is 0 Å². The zero-order valence-electron chi connectivity index (χ0n) is 18.6. The van der Waals surface area contributed by atoms with E-state index in [4.69, 9.17) is 21.4 Å². The Labute approximate surface area is 198 Å². The molecule has 6 nitrogen and oxygen atoms in total. The zero-order chi connectivity index (χ0) is 22.8. The van der Waals surface area contributed by atoms with Gasteiger partial charge in [-0.1, -0.05) is 6.07 Å². The lowest BCUT2D eigenvalue weighted by molar-refractivity contribution is 0.242. The Kier molecular flexibility index (Phi) is 5.88. The number of thiocarbonyl (C=S) groups is 1. The average molecular weight is 459 g/mol. The fourth-order valence-corrected chi connectivity index (χ4v) is 4.65. The molecule has 4 aromatic rings.